The molecular weight excluding hydrogens is 487 g/mol. The zero-order chi connectivity index (χ0) is 26.2. The number of ether oxygens (including phenoxy) is 1. The molecule has 0 aliphatic heterocycles. The fourth-order valence-electron chi connectivity index (χ4n) is 3.88. The van der Waals surface area contributed by atoms with Crippen LogP contribution in [-0.2, 0) is 24.9 Å². The second-order valence-electron chi connectivity index (χ2n) is 8.84. The van der Waals surface area contributed by atoms with Crippen molar-refractivity contribution in [3.8, 4) is 0 Å². The maximum Gasteiger partial charge on any atom is 0.330 e. The van der Waals surface area contributed by atoms with Crippen LogP contribution >= 0.6 is 7.60 Å². The molecule has 2 rings (SSSR count). The van der Waals surface area contributed by atoms with Crippen molar-refractivity contribution in [2.24, 2.45) is 0 Å². The third kappa shape index (κ3) is 10.7. The van der Waals surface area contributed by atoms with Crippen molar-refractivity contribution in [2.75, 3.05) is 39.2 Å². The molecule has 2 aromatic heterocycles. The van der Waals surface area contributed by atoms with E-state index in [1.807, 2.05) is 0 Å². The lowest BCUT2D eigenvalue weighted by Gasteiger charge is -2.21. The number of hydrogen-bond acceptors (Lipinski definition) is 8. The first-order valence-corrected chi connectivity index (χ1v) is 14.8. The molecule has 1 unspecified atom stereocenters. The van der Waals surface area contributed by atoms with Gasteiger partial charge in [-0.25, -0.2) is 4.79 Å². The SMILES string of the molecule is CCCCCCCCOCCCOP(=O)(CC[C@@H](CO)NCc1c[nH]c2c(=O)[nH]c(=O)[nH]c12)OCC. The van der Waals surface area contributed by atoms with Gasteiger partial charge < -0.3 is 34.2 Å². The Bertz CT molecular complexity index is 1040. The van der Waals surface area contributed by atoms with Gasteiger partial charge in [0.1, 0.15) is 5.52 Å². The second kappa shape index (κ2) is 16.9. The van der Waals surface area contributed by atoms with Gasteiger partial charge in [0.15, 0.2) is 0 Å². The Labute approximate surface area is 212 Å². The zero-order valence-electron chi connectivity index (χ0n) is 21.6. The maximum atomic E-state index is 13.1. The van der Waals surface area contributed by atoms with E-state index in [-0.39, 0.29) is 37.5 Å². The molecule has 206 valence electrons. The van der Waals surface area contributed by atoms with Crippen LogP contribution < -0.4 is 16.6 Å². The minimum atomic E-state index is -3.31. The van der Waals surface area contributed by atoms with Crippen molar-refractivity contribution in [3.63, 3.8) is 0 Å². The second-order valence-corrected chi connectivity index (χ2v) is 11.0. The van der Waals surface area contributed by atoms with E-state index in [0.29, 0.717) is 37.1 Å². The van der Waals surface area contributed by atoms with Gasteiger partial charge in [-0.15, -0.1) is 0 Å². The van der Waals surface area contributed by atoms with Crippen molar-refractivity contribution < 1.29 is 23.5 Å². The summed E-state index contributed by atoms with van der Waals surface area (Å²) in [6, 6.07) is -0.373. The predicted molar refractivity (Wildman–Crippen MR) is 141 cm³/mol. The van der Waals surface area contributed by atoms with Gasteiger partial charge in [0.05, 0.1) is 31.5 Å². The number of H-pyrrole nitrogens is 3. The molecule has 2 aromatic rings. The summed E-state index contributed by atoms with van der Waals surface area (Å²) in [6.45, 7) is 5.91. The van der Waals surface area contributed by atoms with Crippen LogP contribution in [0, 0.1) is 0 Å². The molecule has 0 radical (unpaired) electrons. The van der Waals surface area contributed by atoms with Crippen molar-refractivity contribution in [3.05, 3.63) is 32.6 Å². The maximum absolute atomic E-state index is 13.1. The van der Waals surface area contributed by atoms with Gasteiger partial charge in [0, 0.05) is 37.6 Å². The molecule has 0 spiro atoms. The van der Waals surface area contributed by atoms with Crippen LogP contribution in [0.2, 0.25) is 0 Å². The molecule has 0 amide bonds. The van der Waals surface area contributed by atoms with Crippen LogP contribution in [0.4, 0.5) is 0 Å². The summed E-state index contributed by atoms with van der Waals surface area (Å²) in [5.74, 6) is 0. The Balaban J connectivity index is 1.72. The van der Waals surface area contributed by atoms with Gasteiger partial charge in [-0.05, 0) is 26.2 Å². The Morgan fingerprint density at radius 2 is 1.72 bits per heavy atom. The molecule has 0 fully saturated rings. The quantitative estimate of drug-likeness (QED) is 0.121. The number of hydrogen-bond donors (Lipinski definition) is 5. The molecule has 0 aliphatic rings. The highest BCUT2D eigenvalue weighted by molar-refractivity contribution is 7.53. The molecule has 2 atom stereocenters. The smallest absolute Gasteiger partial charge is 0.330 e. The number of aromatic nitrogens is 3. The van der Waals surface area contributed by atoms with Crippen molar-refractivity contribution in [2.45, 2.75) is 77.8 Å². The number of aliphatic hydroxyl groups is 1. The molecule has 11 nitrogen and oxygen atoms in total. The standard InChI is InChI=1S/C24H43N4O7P/c1-3-5-6-7-8-9-12-33-13-10-14-35-36(32,34-4-2)15-11-20(18-29)25-16-19-17-26-22-21(19)27-24(31)28-23(22)30/h17,20,25-26,29H,3-16,18H2,1-2H3,(H2,27,28,30,31)/t20-,36?/m0/s1. The van der Waals surface area contributed by atoms with Gasteiger partial charge in [-0.2, -0.15) is 0 Å². The molecule has 0 aromatic carbocycles. The Morgan fingerprint density at radius 1 is 0.972 bits per heavy atom. The summed E-state index contributed by atoms with van der Waals surface area (Å²) in [5, 5.41) is 13.0. The van der Waals surface area contributed by atoms with E-state index in [1.165, 1.54) is 32.1 Å². The first kappa shape index (κ1) is 30.5. The molecule has 0 aliphatic carbocycles. The molecule has 12 heteroatoms. The number of nitrogens with one attached hydrogen (secondary N) is 4. The summed E-state index contributed by atoms with van der Waals surface area (Å²) < 4.78 is 29.8. The highest BCUT2D eigenvalue weighted by atomic mass is 31.2. The molecule has 5 N–H and O–H groups in total. The zero-order valence-corrected chi connectivity index (χ0v) is 22.5. The van der Waals surface area contributed by atoms with Crippen molar-refractivity contribution >= 4 is 18.6 Å². The molecule has 0 saturated carbocycles. The van der Waals surface area contributed by atoms with E-state index in [1.54, 1.807) is 13.1 Å². The normalized spacial score (nSPS) is 14.3. The molecule has 36 heavy (non-hydrogen) atoms. The van der Waals surface area contributed by atoms with Gasteiger partial charge in [0.2, 0.25) is 0 Å². The third-order valence-electron chi connectivity index (χ3n) is 5.90. The van der Waals surface area contributed by atoms with Gasteiger partial charge in [-0.3, -0.25) is 14.3 Å². The predicted octanol–water partition coefficient (Wildman–Crippen LogP) is 3.40. The Hall–Kier alpha value is -1.75. The monoisotopic (exact) mass is 530 g/mol. The number of unbranched alkanes of at least 4 members (excludes halogenated alkanes) is 5. The van der Waals surface area contributed by atoms with Gasteiger partial charge in [0.25, 0.3) is 5.56 Å². The average Bonchev–Trinajstić information content (AvgIpc) is 3.26. The average molecular weight is 531 g/mol. The summed E-state index contributed by atoms with van der Waals surface area (Å²) in [7, 11) is -3.31. The Kier molecular flexibility index (Phi) is 14.3. The summed E-state index contributed by atoms with van der Waals surface area (Å²) in [4.78, 5) is 31.1. The topological polar surface area (TPSA) is 159 Å². The van der Waals surface area contributed by atoms with Gasteiger partial charge in [-0.1, -0.05) is 39.0 Å². The van der Waals surface area contributed by atoms with Crippen LogP contribution in [0.5, 0.6) is 0 Å². The minimum Gasteiger partial charge on any atom is -0.395 e. The minimum absolute atomic E-state index is 0.155. The van der Waals surface area contributed by atoms with Crippen LogP contribution in [0.1, 0.15) is 70.8 Å². The van der Waals surface area contributed by atoms with E-state index in [2.05, 4.69) is 27.2 Å². The first-order valence-electron chi connectivity index (χ1n) is 13.0. The van der Waals surface area contributed by atoms with Crippen LogP contribution in [0.15, 0.2) is 15.8 Å². The number of rotatable bonds is 21. The molecule has 2 heterocycles. The van der Waals surface area contributed by atoms with Crippen LogP contribution in [0.25, 0.3) is 11.0 Å². The lowest BCUT2D eigenvalue weighted by atomic mass is 10.1. The van der Waals surface area contributed by atoms with Crippen LogP contribution in [-0.4, -0.2) is 65.3 Å². The van der Waals surface area contributed by atoms with E-state index < -0.39 is 18.8 Å². The van der Waals surface area contributed by atoms with E-state index in [9.17, 15) is 19.3 Å². The van der Waals surface area contributed by atoms with Crippen LogP contribution in [0.3, 0.4) is 0 Å². The number of fused-ring (bicyclic) bond motifs is 1. The van der Waals surface area contributed by atoms with E-state index in [4.69, 9.17) is 13.8 Å². The highest BCUT2D eigenvalue weighted by Crippen LogP contribution is 2.48. The fraction of sp³-hybridized carbons (Fsp3) is 0.750. The third-order valence-corrected chi connectivity index (χ3v) is 7.93. The number of aromatic amines is 3. The summed E-state index contributed by atoms with van der Waals surface area (Å²) in [5.41, 5.74) is 0.278. The van der Waals surface area contributed by atoms with Gasteiger partial charge >= 0.3 is 13.3 Å². The first-order chi connectivity index (χ1) is 17.4. The number of aliphatic hydroxyl groups excluding tert-OH is 1. The highest BCUT2D eigenvalue weighted by Gasteiger charge is 2.25. The molecule has 0 bridgehead atoms. The largest absolute Gasteiger partial charge is 0.395 e. The van der Waals surface area contributed by atoms with E-state index in [0.717, 1.165) is 13.0 Å². The lowest BCUT2D eigenvalue weighted by Crippen LogP contribution is -2.33. The Morgan fingerprint density at radius 3 is 2.47 bits per heavy atom. The fourth-order valence-corrected chi connectivity index (χ4v) is 5.64. The summed E-state index contributed by atoms with van der Waals surface area (Å²) in [6.07, 6.45) is 10.1. The molecule has 0 saturated heterocycles. The van der Waals surface area contributed by atoms with Crippen molar-refractivity contribution in [1.29, 1.82) is 0 Å². The molecular formula is C24H43N4O7P. The van der Waals surface area contributed by atoms with Crippen molar-refractivity contribution in [1.82, 2.24) is 20.3 Å². The van der Waals surface area contributed by atoms with E-state index >= 15 is 0 Å². The summed E-state index contributed by atoms with van der Waals surface area (Å²) >= 11 is 0. The lowest BCUT2D eigenvalue weighted by molar-refractivity contribution is 0.111.